The molecule has 0 radical (unpaired) electrons. The summed E-state index contributed by atoms with van der Waals surface area (Å²) < 4.78 is 28.1. The fraction of sp³-hybridized carbons (Fsp3) is 0.538. The molecule has 100 valence electrons. The molecule has 0 amide bonds. The molecule has 0 bridgehead atoms. The molecule has 2 atom stereocenters. The van der Waals surface area contributed by atoms with Crippen molar-refractivity contribution in [2.75, 3.05) is 18.6 Å². The molecule has 1 aliphatic heterocycles. The SMILES string of the molecule is CC(CS(C)(=O)=O)NCC1Cc2ccccc2O1. The Morgan fingerprint density at radius 3 is 2.83 bits per heavy atom. The number of hydrogen-bond donors (Lipinski definition) is 1. The van der Waals surface area contributed by atoms with Crippen molar-refractivity contribution in [1.82, 2.24) is 5.32 Å². The highest BCUT2D eigenvalue weighted by atomic mass is 32.2. The molecule has 1 aromatic rings. The molecule has 1 aromatic carbocycles. The normalized spacial score (nSPS) is 20.2. The summed E-state index contributed by atoms with van der Waals surface area (Å²) in [4.78, 5) is 0. The second kappa shape index (κ2) is 5.28. The third kappa shape index (κ3) is 3.71. The van der Waals surface area contributed by atoms with Crippen LogP contribution in [-0.4, -0.2) is 39.1 Å². The van der Waals surface area contributed by atoms with Crippen molar-refractivity contribution in [3.63, 3.8) is 0 Å². The second-order valence-electron chi connectivity index (χ2n) is 4.95. The lowest BCUT2D eigenvalue weighted by molar-refractivity contribution is 0.224. The number of rotatable bonds is 5. The summed E-state index contributed by atoms with van der Waals surface area (Å²) in [5, 5.41) is 3.21. The van der Waals surface area contributed by atoms with Gasteiger partial charge in [-0.15, -0.1) is 0 Å². The topological polar surface area (TPSA) is 55.4 Å². The van der Waals surface area contributed by atoms with Gasteiger partial charge in [0.15, 0.2) is 0 Å². The number of nitrogens with one attached hydrogen (secondary N) is 1. The molecule has 4 nitrogen and oxygen atoms in total. The Balaban J connectivity index is 1.80. The number of benzene rings is 1. The third-order valence-corrected chi connectivity index (χ3v) is 4.07. The van der Waals surface area contributed by atoms with Crippen molar-refractivity contribution >= 4 is 9.84 Å². The number of hydrogen-bond acceptors (Lipinski definition) is 4. The van der Waals surface area contributed by atoms with E-state index in [1.165, 1.54) is 11.8 Å². The molecule has 2 rings (SSSR count). The molecular weight excluding hydrogens is 250 g/mol. The highest BCUT2D eigenvalue weighted by molar-refractivity contribution is 7.90. The van der Waals surface area contributed by atoms with Crippen LogP contribution in [0.3, 0.4) is 0 Å². The molecule has 0 aromatic heterocycles. The number of sulfone groups is 1. The lowest BCUT2D eigenvalue weighted by Gasteiger charge is -2.16. The van der Waals surface area contributed by atoms with Crippen LogP contribution in [-0.2, 0) is 16.3 Å². The summed E-state index contributed by atoms with van der Waals surface area (Å²) in [6.45, 7) is 2.55. The summed E-state index contributed by atoms with van der Waals surface area (Å²) in [5.74, 6) is 1.10. The van der Waals surface area contributed by atoms with Crippen molar-refractivity contribution in [2.24, 2.45) is 0 Å². The molecule has 0 fully saturated rings. The van der Waals surface area contributed by atoms with E-state index in [-0.39, 0.29) is 17.9 Å². The van der Waals surface area contributed by atoms with Gasteiger partial charge in [-0.2, -0.15) is 0 Å². The van der Waals surface area contributed by atoms with Gasteiger partial charge in [0.25, 0.3) is 0 Å². The molecule has 1 aliphatic rings. The average molecular weight is 269 g/mol. The number of ether oxygens (including phenoxy) is 1. The van der Waals surface area contributed by atoms with Crippen molar-refractivity contribution in [3.05, 3.63) is 29.8 Å². The molecule has 1 heterocycles. The van der Waals surface area contributed by atoms with E-state index in [4.69, 9.17) is 4.74 Å². The summed E-state index contributed by atoms with van der Waals surface area (Å²) >= 11 is 0. The molecular formula is C13H19NO3S. The molecule has 0 spiro atoms. The molecule has 5 heteroatoms. The Bertz CT molecular complexity index is 488. The summed E-state index contributed by atoms with van der Waals surface area (Å²) in [6, 6.07) is 7.95. The van der Waals surface area contributed by atoms with Gasteiger partial charge in [-0.25, -0.2) is 8.42 Å². The molecule has 0 saturated heterocycles. The molecule has 18 heavy (non-hydrogen) atoms. The van der Waals surface area contributed by atoms with E-state index in [1.807, 2.05) is 25.1 Å². The minimum atomic E-state index is -2.93. The predicted molar refractivity (Wildman–Crippen MR) is 71.7 cm³/mol. The van der Waals surface area contributed by atoms with Crippen LogP contribution in [0.4, 0.5) is 0 Å². The molecule has 2 unspecified atom stereocenters. The quantitative estimate of drug-likeness (QED) is 0.867. The van der Waals surface area contributed by atoms with E-state index in [0.29, 0.717) is 6.54 Å². The van der Waals surface area contributed by atoms with Gasteiger partial charge in [-0.3, -0.25) is 0 Å². The van der Waals surface area contributed by atoms with E-state index in [1.54, 1.807) is 0 Å². The summed E-state index contributed by atoms with van der Waals surface area (Å²) in [6.07, 6.45) is 2.24. The first-order chi connectivity index (χ1) is 8.44. The van der Waals surface area contributed by atoms with Crippen LogP contribution in [0, 0.1) is 0 Å². The highest BCUT2D eigenvalue weighted by Crippen LogP contribution is 2.27. The number of fused-ring (bicyclic) bond motifs is 1. The second-order valence-corrected chi connectivity index (χ2v) is 7.14. The van der Waals surface area contributed by atoms with Gasteiger partial charge in [-0.1, -0.05) is 18.2 Å². The zero-order valence-corrected chi connectivity index (χ0v) is 11.5. The maximum Gasteiger partial charge on any atom is 0.148 e. The molecule has 0 aliphatic carbocycles. The fourth-order valence-electron chi connectivity index (χ4n) is 2.21. The first-order valence-electron chi connectivity index (χ1n) is 6.10. The average Bonchev–Trinajstić information content (AvgIpc) is 2.66. The van der Waals surface area contributed by atoms with Crippen LogP contribution in [0.1, 0.15) is 12.5 Å². The Labute approximate surface area is 108 Å². The van der Waals surface area contributed by atoms with Crippen molar-refractivity contribution < 1.29 is 13.2 Å². The fourth-order valence-corrected chi connectivity index (χ4v) is 3.24. The number of para-hydroxylation sites is 1. The van der Waals surface area contributed by atoms with E-state index in [2.05, 4.69) is 11.4 Å². The van der Waals surface area contributed by atoms with Crippen molar-refractivity contribution in [1.29, 1.82) is 0 Å². The Hall–Kier alpha value is -1.07. The Kier molecular flexibility index (Phi) is 3.92. The lowest BCUT2D eigenvalue weighted by Crippen LogP contribution is -2.39. The van der Waals surface area contributed by atoms with Crippen molar-refractivity contribution in [3.8, 4) is 5.75 Å². The van der Waals surface area contributed by atoms with Gasteiger partial charge in [-0.05, 0) is 18.6 Å². The highest BCUT2D eigenvalue weighted by Gasteiger charge is 2.22. The van der Waals surface area contributed by atoms with Gasteiger partial charge < -0.3 is 10.1 Å². The predicted octanol–water partition coefficient (Wildman–Crippen LogP) is 1.01. The zero-order valence-electron chi connectivity index (χ0n) is 10.7. The Morgan fingerprint density at radius 2 is 2.17 bits per heavy atom. The van der Waals surface area contributed by atoms with Gasteiger partial charge in [0.2, 0.25) is 0 Å². The largest absolute Gasteiger partial charge is 0.488 e. The van der Waals surface area contributed by atoms with Gasteiger partial charge in [0, 0.05) is 25.3 Å². The van der Waals surface area contributed by atoms with E-state index in [0.717, 1.165) is 12.2 Å². The van der Waals surface area contributed by atoms with Crippen LogP contribution < -0.4 is 10.1 Å². The van der Waals surface area contributed by atoms with Crippen LogP contribution in [0.15, 0.2) is 24.3 Å². The minimum Gasteiger partial charge on any atom is -0.488 e. The third-order valence-electron chi connectivity index (χ3n) is 2.96. The maximum atomic E-state index is 11.1. The van der Waals surface area contributed by atoms with E-state index >= 15 is 0 Å². The minimum absolute atomic E-state index is 0.0488. The Morgan fingerprint density at radius 1 is 1.44 bits per heavy atom. The van der Waals surface area contributed by atoms with Crippen LogP contribution in [0.5, 0.6) is 5.75 Å². The van der Waals surface area contributed by atoms with Crippen LogP contribution in [0.25, 0.3) is 0 Å². The first kappa shape index (κ1) is 13.4. The van der Waals surface area contributed by atoms with E-state index in [9.17, 15) is 8.42 Å². The maximum absolute atomic E-state index is 11.1. The van der Waals surface area contributed by atoms with Crippen LogP contribution in [0.2, 0.25) is 0 Å². The van der Waals surface area contributed by atoms with Gasteiger partial charge in [0.1, 0.15) is 21.7 Å². The zero-order chi connectivity index (χ0) is 13.2. The van der Waals surface area contributed by atoms with E-state index < -0.39 is 9.84 Å². The van der Waals surface area contributed by atoms with Gasteiger partial charge >= 0.3 is 0 Å². The summed E-state index contributed by atoms with van der Waals surface area (Å²) in [7, 11) is -2.93. The molecule has 1 N–H and O–H groups in total. The standard InChI is InChI=1S/C13H19NO3S/c1-10(9-18(2,15)16)14-8-12-7-11-5-3-4-6-13(11)17-12/h3-6,10,12,14H,7-9H2,1-2H3. The summed E-state index contributed by atoms with van der Waals surface area (Å²) in [5.41, 5.74) is 1.22. The van der Waals surface area contributed by atoms with Gasteiger partial charge in [0.05, 0.1) is 5.75 Å². The smallest absolute Gasteiger partial charge is 0.148 e. The lowest BCUT2D eigenvalue weighted by atomic mass is 10.1. The monoisotopic (exact) mass is 269 g/mol. The van der Waals surface area contributed by atoms with Crippen LogP contribution >= 0.6 is 0 Å². The first-order valence-corrected chi connectivity index (χ1v) is 8.16. The molecule has 0 saturated carbocycles. The van der Waals surface area contributed by atoms with Crippen molar-refractivity contribution in [2.45, 2.75) is 25.5 Å².